The molecule has 0 aliphatic carbocycles. The van der Waals surface area contributed by atoms with E-state index in [4.69, 9.17) is 9.47 Å². The van der Waals surface area contributed by atoms with E-state index in [-0.39, 0.29) is 23.8 Å². The van der Waals surface area contributed by atoms with Crippen molar-refractivity contribution in [2.75, 3.05) is 32.2 Å². The first kappa shape index (κ1) is 23.1. The van der Waals surface area contributed by atoms with Gasteiger partial charge in [0.25, 0.3) is 5.91 Å². The molecule has 1 unspecified atom stereocenters. The van der Waals surface area contributed by atoms with Gasteiger partial charge in [-0.15, -0.1) is 0 Å². The van der Waals surface area contributed by atoms with Gasteiger partial charge in [0.15, 0.2) is 0 Å². The summed E-state index contributed by atoms with van der Waals surface area (Å²) in [7, 11) is 1.66. The van der Waals surface area contributed by atoms with E-state index in [1.54, 1.807) is 24.2 Å². The van der Waals surface area contributed by atoms with E-state index in [1.165, 1.54) is 0 Å². The van der Waals surface area contributed by atoms with Crippen LogP contribution in [0.3, 0.4) is 0 Å². The molecule has 0 spiro atoms. The Morgan fingerprint density at radius 3 is 2.60 bits per heavy atom. The lowest BCUT2D eigenvalue weighted by atomic mass is 9.99. The second-order valence-corrected chi connectivity index (χ2v) is 8.99. The SMILES string of the molecule is COc1ccccc1C1CCCN1C(=O)c1ccc(-n2cc(NC(=O)C3CCOCC3)cn2)cc1. The summed E-state index contributed by atoms with van der Waals surface area (Å²) in [6, 6.07) is 15.3. The molecule has 3 aromatic rings. The number of hydrogen-bond acceptors (Lipinski definition) is 5. The smallest absolute Gasteiger partial charge is 0.254 e. The van der Waals surface area contributed by atoms with Crippen LogP contribution in [0.2, 0.25) is 0 Å². The summed E-state index contributed by atoms with van der Waals surface area (Å²) >= 11 is 0. The third-order valence-corrected chi connectivity index (χ3v) is 6.83. The van der Waals surface area contributed by atoms with E-state index in [0.717, 1.165) is 49.2 Å². The maximum atomic E-state index is 13.4. The van der Waals surface area contributed by atoms with Crippen LogP contribution < -0.4 is 10.1 Å². The number of amides is 2. The molecule has 0 radical (unpaired) electrons. The van der Waals surface area contributed by atoms with Gasteiger partial charge in [-0.05, 0) is 56.0 Å². The number of hydrogen-bond donors (Lipinski definition) is 1. The van der Waals surface area contributed by atoms with Crippen LogP contribution >= 0.6 is 0 Å². The lowest BCUT2D eigenvalue weighted by molar-refractivity contribution is -0.122. The van der Waals surface area contributed by atoms with E-state index in [0.29, 0.717) is 24.5 Å². The number of aromatic nitrogens is 2. The Balaban J connectivity index is 1.27. The Hall–Kier alpha value is -3.65. The highest BCUT2D eigenvalue weighted by atomic mass is 16.5. The van der Waals surface area contributed by atoms with Crippen molar-refractivity contribution >= 4 is 17.5 Å². The molecule has 1 aromatic heterocycles. The largest absolute Gasteiger partial charge is 0.496 e. The van der Waals surface area contributed by atoms with E-state index < -0.39 is 0 Å². The van der Waals surface area contributed by atoms with Gasteiger partial charge in [0, 0.05) is 36.8 Å². The fourth-order valence-electron chi connectivity index (χ4n) is 4.93. The van der Waals surface area contributed by atoms with Crippen molar-refractivity contribution in [1.82, 2.24) is 14.7 Å². The number of ether oxygens (including phenoxy) is 2. The molecule has 2 fully saturated rings. The van der Waals surface area contributed by atoms with Gasteiger partial charge in [0.1, 0.15) is 5.75 Å². The molecule has 35 heavy (non-hydrogen) atoms. The minimum Gasteiger partial charge on any atom is -0.496 e. The van der Waals surface area contributed by atoms with Gasteiger partial charge in [0.2, 0.25) is 5.91 Å². The topological polar surface area (TPSA) is 85.7 Å². The molecule has 5 rings (SSSR count). The number of carbonyl (C=O) groups is 2. The minimum atomic E-state index is -0.0253. The van der Waals surface area contributed by atoms with Crippen molar-refractivity contribution in [3.05, 3.63) is 72.1 Å². The summed E-state index contributed by atoms with van der Waals surface area (Å²) in [5, 5.41) is 7.32. The number of methoxy groups -OCH3 is 1. The molecule has 0 saturated carbocycles. The molecule has 2 aliphatic heterocycles. The molecule has 1 N–H and O–H groups in total. The quantitative estimate of drug-likeness (QED) is 0.578. The Morgan fingerprint density at radius 1 is 1.06 bits per heavy atom. The van der Waals surface area contributed by atoms with Crippen LogP contribution in [0.25, 0.3) is 5.69 Å². The fourth-order valence-corrected chi connectivity index (χ4v) is 4.93. The van der Waals surface area contributed by atoms with Crippen LogP contribution in [-0.2, 0) is 9.53 Å². The van der Waals surface area contributed by atoms with Gasteiger partial charge in [-0.3, -0.25) is 9.59 Å². The molecule has 2 amide bonds. The van der Waals surface area contributed by atoms with Gasteiger partial charge in [-0.2, -0.15) is 5.10 Å². The third-order valence-electron chi connectivity index (χ3n) is 6.83. The predicted molar refractivity (Wildman–Crippen MR) is 132 cm³/mol. The maximum Gasteiger partial charge on any atom is 0.254 e. The first-order chi connectivity index (χ1) is 17.1. The van der Waals surface area contributed by atoms with Crippen LogP contribution in [0.5, 0.6) is 5.75 Å². The zero-order valence-corrected chi connectivity index (χ0v) is 19.9. The van der Waals surface area contributed by atoms with Crippen LogP contribution in [0.15, 0.2) is 60.9 Å². The average molecular weight is 475 g/mol. The molecular formula is C27H30N4O4. The van der Waals surface area contributed by atoms with Gasteiger partial charge >= 0.3 is 0 Å². The summed E-state index contributed by atoms with van der Waals surface area (Å²) in [4.78, 5) is 27.8. The van der Waals surface area contributed by atoms with Crippen molar-refractivity contribution in [1.29, 1.82) is 0 Å². The maximum absolute atomic E-state index is 13.4. The average Bonchev–Trinajstić information content (AvgIpc) is 3.59. The summed E-state index contributed by atoms with van der Waals surface area (Å²) in [5.74, 6) is 0.799. The van der Waals surface area contributed by atoms with Gasteiger partial charge in [-0.25, -0.2) is 4.68 Å². The van der Waals surface area contributed by atoms with Crippen molar-refractivity contribution in [2.24, 2.45) is 5.92 Å². The molecule has 2 aromatic carbocycles. The Kier molecular flexibility index (Phi) is 6.81. The summed E-state index contributed by atoms with van der Waals surface area (Å²) in [6.07, 6.45) is 6.78. The molecule has 0 bridgehead atoms. The highest BCUT2D eigenvalue weighted by molar-refractivity contribution is 5.95. The first-order valence-corrected chi connectivity index (χ1v) is 12.1. The number of carbonyl (C=O) groups excluding carboxylic acids is 2. The lowest BCUT2D eigenvalue weighted by Crippen LogP contribution is -2.30. The van der Waals surface area contributed by atoms with E-state index in [9.17, 15) is 9.59 Å². The number of benzene rings is 2. The second kappa shape index (κ2) is 10.3. The van der Waals surface area contributed by atoms with Crippen LogP contribution in [-0.4, -0.2) is 53.4 Å². The third kappa shape index (κ3) is 4.93. The van der Waals surface area contributed by atoms with Gasteiger partial charge < -0.3 is 19.7 Å². The normalized spacial score (nSPS) is 18.4. The zero-order chi connectivity index (χ0) is 24.2. The molecule has 2 aliphatic rings. The second-order valence-electron chi connectivity index (χ2n) is 8.99. The molecule has 2 saturated heterocycles. The Morgan fingerprint density at radius 2 is 1.83 bits per heavy atom. The highest BCUT2D eigenvalue weighted by Crippen LogP contribution is 2.37. The number of nitrogens with one attached hydrogen (secondary N) is 1. The number of anilines is 1. The molecule has 182 valence electrons. The van der Waals surface area contributed by atoms with E-state index >= 15 is 0 Å². The molecule has 8 heteroatoms. The van der Waals surface area contributed by atoms with Gasteiger partial charge in [-0.1, -0.05) is 18.2 Å². The van der Waals surface area contributed by atoms with Crippen molar-refractivity contribution in [3.63, 3.8) is 0 Å². The highest BCUT2D eigenvalue weighted by Gasteiger charge is 2.32. The monoisotopic (exact) mass is 474 g/mol. The van der Waals surface area contributed by atoms with Crippen LogP contribution in [0.4, 0.5) is 5.69 Å². The molecular weight excluding hydrogens is 444 g/mol. The predicted octanol–water partition coefficient (Wildman–Crippen LogP) is 4.22. The van der Waals surface area contributed by atoms with Crippen LogP contribution in [0.1, 0.15) is 47.6 Å². The van der Waals surface area contributed by atoms with Gasteiger partial charge in [0.05, 0.1) is 36.9 Å². The number of likely N-dealkylation sites (tertiary alicyclic amines) is 1. The standard InChI is InChI=1S/C27H30N4O4/c1-34-25-7-3-2-5-23(25)24-6-4-14-30(24)27(33)20-8-10-22(11-9-20)31-18-21(17-28-31)29-26(32)19-12-15-35-16-13-19/h2-3,5,7-11,17-19,24H,4,6,12-16H2,1H3,(H,29,32). The lowest BCUT2D eigenvalue weighted by Gasteiger charge is -2.26. The summed E-state index contributed by atoms with van der Waals surface area (Å²) in [6.45, 7) is 1.97. The molecule has 8 nitrogen and oxygen atoms in total. The van der Waals surface area contributed by atoms with E-state index in [1.807, 2.05) is 53.4 Å². The van der Waals surface area contributed by atoms with Crippen molar-refractivity contribution < 1.29 is 19.1 Å². The summed E-state index contributed by atoms with van der Waals surface area (Å²) in [5.41, 5.74) is 3.15. The zero-order valence-electron chi connectivity index (χ0n) is 19.9. The number of para-hydroxylation sites is 1. The number of nitrogens with zero attached hydrogens (tertiary/aromatic N) is 3. The number of rotatable bonds is 6. The first-order valence-electron chi connectivity index (χ1n) is 12.1. The molecule has 3 heterocycles. The van der Waals surface area contributed by atoms with Crippen molar-refractivity contribution in [2.45, 2.75) is 31.7 Å². The summed E-state index contributed by atoms with van der Waals surface area (Å²) < 4.78 is 12.6. The van der Waals surface area contributed by atoms with E-state index in [2.05, 4.69) is 10.4 Å². The fraction of sp³-hybridized carbons (Fsp3) is 0.370. The van der Waals surface area contributed by atoms with Crippen LogP contribution in [0, 0.1) is 5.92 Å². The van der Waals surface area contributed by atoms with Crippen molar-refractivity contribution in [3.8, 4) is 11.4 Å². The minimum absolute atomic E-state index is 0.00371. The Bertz CT molecular complexity index is 1180. The Labute approximate surface area is 204 Å². The molecule has 1 atom stereocenters.